The molecule has 4 aromatic rings. The van der Waals surface area contributed by atoms with E-state index < -0.39 is 5.97 Å². The van der Waals surface area contributed by atoms with Crippen LogP contribution in [0.5, 0.6) is 0 Å². The number of aryl methyl sites for hydroxylation is 3. The van der Waals surface area contributed by atoms with Gasteiger partial charge in [0.05, 0.1) is 17.3 Å². The summed E-state index contributed by atoms with van der Waals surface area (Å²) in [5.74, 6) is -0.297. The molecule has 1 atom stereocenters. The van der Waals surface area contributed by atoms with E-state index in [1.807, 2.05) is 6.92 Å². The smallest absolute Gasteiger partial charge is 0.306 e. The quantitative estimate of drug-likeness (QED) is 0.215. The van der Waals surface area contributed by atoms with Gasteiger partial charge < -0.3 is 9.67 Å². The molecule has 0 aliphatic heterocycles. The monoisotopic (exact) mass is 495 g/mol. The first-order chi connectivity index (χ1) is 17.9. The van der Waals surface area contributed by atoms with E-state index in [9.17, 15) is 9.90 Å². The lowest BCUT2D eigenvalue weighted by molar-refractivity contribution is -0.142. The van der Waals surface area contributed by atoms with Crippen LogP contribution in [-0.2, 0) is 11.3 Å². The predicted molar refractivity (Wildman–Crippen MR) is 150 cm³/mol. The number of carboxylic acids is 1. The summed E-state index contributed by atoms with van der Waals surface area (Å²) in [5.41, 5.74) is 9.74. The molecule has 1 fully saturated rings. The second-order valence-electron chi connectivity index (χ2n) is 10.6. The van der Waals surface area contributed by atoms with E-state index in [0.717, 1.165) is 65.9 Å². The number of aromatic nitrogens is 3. The Morgan fingerprint density at radius 2 is 1.51 bits per heavy atom. The van der Waals surface area contributed by atoms with Crippen molar-refractivity contribution < 1.29 is 9.90 Å². The predicted octanol–water partition coefficient (Wildman–Crippen LogP) is 7.93. The lowest BCUT2D eigenvalue weighted by atomic mass is 9.99. The fourth-order valence-electron chi connectivity index (χ4n) is 5.19. The van der Waals surface area contributed by atoms with Gasteiger partial charge in [-0.15, -0.1) is 0 Å². The first kappa shape index (κ1) is 25.2. The van der Waals surface area contributed by atoms with Crippen molar-refractivity contribution in [3.63, 3.8) is 0 Å². The number of aliphatic carboxylic acids is 1. The van der Waals surface area contributed by atoms with Gasteiger partial charge in [0.15, 0.2) is 5.65 Å². The number of carboxylic acid groups (broad SMARTS) is 1. The lowest BCUT2D eigenvalue weighted by Crippen LogP contribution is -2.12. The molecule has 0 bridgehead atoms. The lowest BCUT2D eigenvalue weighted by Gasteiger charge is -2.13. The minimum absolute atomic E-state index is 0.224. The van der Waals surface area contributed by atoms with Gasteiger partial charge in [0.1, 0.15) is 5.52 Å². The third kappa shape index (κ3) is 5.61. The van der Waals surface area contributed by atoms with Gasteiger partial charge in [-0.05, 0) is 57.9 Å². The van der Waals surface area contributed by atoms with Crippen molar-refractivity contribution in [2.75, 3.05) is 0 Å². The Kier molecular flexibility index (Phi) is 7.40. The Morgan fingerprint density at radius 3 is 2.05 bits per heavy atom. The Morgan fingerprint density at radius 1 is 0.919 bits per heavy atom. The summed E-state index contributed by atoms with van der Waals surface area (Å²) in [4.78, 5) is 21.9. The van der Waals surface area contributed by atoms with Crippen LogP contribution in [0.2, 0.25) is 0 Å². The first-order valence-electron chi connectivity index (χ1n) is 13.7. The Bertz CT molecular complexity index is 1380. The van der Waals surface area contributed by atoms with Crippen molar-refractivity contribution in [2.24, 2.45) is 5.92 Å². The molecule has 2 heterocycles. The minimum atomic E-state index is -0.668. The maximum Gasteiger partial charge on any atom is 0.306 e. The Hall–Kier alpha value is -3.47. The van der Waals surface area contributed by atoms with Crippen molar-refractivity contribution in [1.82, 2.24) is 14.5 Å². The van der Waals surface area contributed by atoms with Crippen LogP contribution < -0.4 is 0 Å². The molecule has 2 aromatic carbocycles. The molecule has 1 aliphatic carbocycles. The van der Waals surface area contributed by atoms with Crippen molar-refractivity contribution in [2.45, 2.75) is 78.2 Å². The second kappa shape index (κ2) is 10.9. The van der Waals surface area contributed by atoms with Crippen LogP contribution in [-0.4, -0.2) is 25.6 Å². The van der Waals surface area contributed by atoms with Gasteiger partial charge in [0.25, 0.3) is 0 Å². The van der Waals surface area contributed by atoms with Gasteiger partial charge >= 0.3 is 5.97 Å². The third-order valence-electron chi connectivity index (χ3n) is 7.68. The molecule has 2 aromatic heterocycles. The molecular formula is C32H37N3O2. The van der Waals surface area contributed by atoms with E-state index >= 15 is 0 Å². The van der Waals surface area contributed by atoms with Crippen LogP contribution in [0, 0.1) is 19.8 Å². The molecule has 1 aliphatic rings. The largest absolute Gasteiger partial charge is 0.481 e. The molecule has 0 radical (unpaired) electrons. The standard InChI is InChI=1S/C32H37N3O2/c1-4-23(32(36)37)8-6-5-7-19-35-28(24-17-18-24)20-27-31(35)34-30(26-15-11-22(3)12-16-26)29(33-27)25-13-9-21(2)10-14-25/h9-16,20,23-24H,4-8,17-19H2,1-3H3,(H,36,37). The van der Waals surface area contributed by atoms with Crippen LogP contribution in [0.4, 0.5) is 0 Å². The van der Waals surface area contributed by atoms with Crippen LogP contribution in [0.25, 0.3) is 33.7 Å². The summed E-state index contributed by atoms with van der Waals surface area (Å²) in [6, 6.07) is 19.4. The average Bonchev–Trinajstić information content (AvgIpc) is 3.68. The molecular weight excluding hydrogens is 458 g/mol. The molecule has 192 valence electrons. The summed E-state index contributed by atoms with van der Waals surface area (Å²) in [7, 11) is 0. The van der Waals surface area contributed by atoms with E-state index in [0.29, 0.717) is 12.3 Å². The van der Waals surface area contributed by atoms with Crippen molar-refractivity contribution >= 4 is 17.1 Å². The van der Waals surface area contributed by atoms with Gasteiger partial charge in [-0.3, -0.25) is 4.79 Å². The van der Waals surface area contributed by atoms with Gasteiger partial charge in [0, 0.05) is 23.4 Å². The molecule has 5 nitrogen and oxygen atoms in total. The van der Waals surface area contributed by atoms with Crippen LogP contribution in [0.15, 0.2) is 54.6 Å². The van der Waals surface area contributed by atoms with Crippen LogP contribution >= 0.6 is 0 Å². The average molecular weight is 496 g/mol. The molecule has 5 rings (SSSR count). The van der Waals surface area contributed by atoms with E-state index in [1.165, 1.54) is 29.7 Å². The van der Waals surface area contributed by atoms with E-state index in [-0.39, 0.29) is 5.92 Å². The molecule has 0 spiro atoms. The topological polar surface area (TPSA) is 68.0 Å². The first-order valence-corrected chi connectivity index (χ1v) is 13.7. The normalized spacial score (nSPS) is 14.2. The number of nitrogens with zero attached hydrogens (tertiary/aromatic N) is 3. The maximum atomic E-state index is 11.3. The van der Waals surface area contributed by atoms with Gasteiger partial charge in [0.2, 0.25) is 0 Å². The number of fused-ring (bicyclic) bond motifs is 1. The zero-order valence-corrected chi connectivity index (χ0v) is 22.2. The van der Waals surface area contributed by atoms with E-state index in [1.54, 1.807) is 0 Å². The fourth-order valence-corrected chi connectivity index (χ4v) is 5.19. The number of rotatable bonds is 11. The second-order valence-corrected chi connectivity index (χ2v) is 10.6. The van der Waals surface area contributed by atoms with Crippen LogP contribution in [0.3, 0.4) is 0 Å². The van der Waals surface area contributed by atoms with Gasteiger partial charge in [-0.25, -0.2) is 9.97 Å². The maximum absolute atomic E-state index is 11.3. The highest BCUT2D eigenvalue weighted by atomic mass is 16.4. The number of hydrogen-bond donors (Lipinski definition) is 1. The number of hydrogen-bond acceptors (Lipinski definition) is 3. The van der Waals surface area contributed by atoms with E-state index in [4.69, 9.17) is 9.97 Å². The summed E-state index contributed by atoms with van der Waals surface area (Å²) in [6.07, 6.45) is 6.88. The highest BCUT2D eigenvalue weighted by Crippen LogP contribution is 2.43. The molecule has 37 heavy (non-hydrogen) atoms. The zero-order chi connectivity index (χ0) is 25.9. The SMILES string of the molecule is CCC(CCCCCn1c(C2CC2)cc2nc(-c3ccc(C)cc3)c(-c3ccc(C)cc3)nc21)C(=O)O. The number of carbonyl (C=O) groups is 1. The molecule has 0 amide bonds. The zero-order valence-electron chi connectivity index (χ0n) is 22.2. The van der Waals surface area contributed by atoms with E-state index in [2.05, 4.69) is 73.0 Å². The molecule has 1 saturated carbocycles. The number of unbranched alkanes of at least 4 members (excludes halogenated alkanes) is 2. The molecule has 1 N–H and O–H groups in total. The van der Waals surface area contributed by atoms with Gasteiger partial charge in [-0.1, -0.05) is 79.4 Å². The van der Waals surface area contributed by atoms with Gasteiger partial charge in [-0.2, -0.15) is 0 Å². The highest BCUT2D eigenvalue weighted by Gasteiger charge is 2.29. The molecule has 5 heteroatoms. The van der Waals surface area contributed by atoms with Crippen molar-refractivity contribution in [1.29, 1.82) is 0 Å². The van der Waals surface area contributed by atoms with Crippen LogP contribution in [0.1, 0.15) is 74.6 Å². The summed E-state index contributed by atoms with van der Waals surface area (Å²) in [5, 5.41) is 9.34. The summed E-state index contributed by atoms with van der Waals surface area (Å²) in [6.45, 7) is 7.06. The summed E-state index contributed by atoms with van der Waals surface area (Å²) < 4.78 is 2.39. The summed E-state index contributed by atoms with van der Waals surface area (Å²) >= 11 is 0. The highest BCUT2D eigenvalue weighted by molar-refractivity contribution is 5.86. The Balaban J connectivity index is 1.49. The fraction of sp³-hybridized carbons (Fsp3) is 0.406. The van der Waals surface area contributed by atoms with Crippen molar-refractivity contribution in [3.8, 4) is 22.5 Å². The van der Waals surface area contributed by atoms with Crippen molar-refractivity contribution in [3.05, 3.63) is 71.4 Å². The number of benzene rings is 2. The molecule has 1 unspecified atom stereocenters. The molecule has 0 saturated heterocycles. The minimum Gasteiger partial charge on any atom is -0.481 e. The Labute approximate surface area is 219 Å². The third-order valence-corrected chi connectivity index (χ3v) is 7.68.